The van der Waals surface area contributed by atoms with Gasteiger partial charge in [-0.25, -0.2) is 4.79 Å². The molecule has 0 aromatic heterocycles. The minimum atomic E-state index is -0.105. The van der Waals surface area contributed by atoms with Crippen LogP contribution in [0.4, 0.5) is 4.79 Å². The Morgan fingerprint density at radius 1 is 1.39 bits per heavy atom. The Hall–Kier alpha value is -0.580. The van der Waals surface area contributed by atoms with Crippen LogP contribution < -0.4 is 0 Å². The normalized spacial score (nSPS) is 29.4. The van der Waals surface area contributed by atoms with Gasteiger partial charge in [-0.1, -0.05) is 35.7 Å². The number of hydrogen-bond acceptors (Lipinski definition) is 2. The van der Waals surface area contributed by atoms with Crippen LogP contribution in [0.15, 0.2) is 0 Å². The molecule has 1 heterocycles. The maximum Gasteiger partial charge on any atom is 0.327 e. The lowest BCUT2D eigenvalue weighted by Gasteiger charge is -2.31. The number of hydrogen-bond donors (Lipinski definition) is 0. The summed E-state index contributed by atoms with van der Waals surface area (Å²) in [5.41, 5.74) is 0. The predicted molar refractivity (Wildman–Crippen MR) is 73.7 cm³/mol. The molecule has 0 spiro atoms. The molecule has 3 atom stereocenters. The van der Waals surface area contributed by atoms with Gasteiger partial charge in [-0.3, -0.25) is 9.69 Å². The quantitative estimate of drug-likeness (QED) is 0.751. The van der Waals surface area contributed by atoms with Gasteiger partial charge >= 0.3 is 6.03 Å². The first-order valence-corrected chi connectivity index (χ1v) is 7.68. The molecule has 0 bridgehead atoms. The van der Waals surface area contributed by atoms with Gasteiger partial charge in [-0.2, -0.15) is 0 Å². The number of alkyl halides is 1. The fourth-order valence-corrected chi connectivity index (χ4v) is 3.33. The van der Waals surface area contributed by atoms with Crippen molar-refractivity contribution in [2.75, 3.05) is 6.54 Å². The van der Waals surface area contributed by atoms with E-state index in [4.69, 9.17) is 0 Å². The van der Waals surface area contributed by atoms with Crippen molar-refractivity contribution >= 4 is 27.9 Å². The average Bonchev–Trinajstić information content (AvgIpc) is 2.58. The Morgan fingerprint density at radius 2 is 2.00 bits per heavy atom. The van der Waals surface area contributed by atoms with E-state index in [0.717, 1.165) is 32.2 Å². The molecule has 1 saturated carbocycles. The van der Waals surface area contributed by atoms with Gasteiger partial charge in [0.05, 0.1) is 12.1 Å². The number of amides is 3. The molecule has 0 N–H and O–H groups in total. The van der Waals surface area contributed by atoms with Crippen molar-refractivity contribution in [3.8, 4) is 0 Å². The highest BCUT2D eigenvalue weighted by molar-refractivity contribution is 9.09. The molecule has 102 valence electrons. The van der Waals surface area contributed by atoms with Gasteiger partial charge in [-0.05, 0) is 19.3 Å². The molecular formula is C13H21BrN2O2. The maximum atomic E-state index is 12.3. The summed E-state index contributed by atoms with van der Waals surface area (Å²) in [4.78, 5) is 27.8. The molecule has 3 unspecified atom stereocenters. The summed E-state index contributed by atoms with van der Waals surface area (Å²) in [5.74, 6) is -0.105. The second-order valence-electron chi connectivity index (χ2n) is 5.35. The Bertz CT molecular complexity index is 346. The Balaban J connectivity index is 2.13. The molecule has 0 radical (unpaired) electrons. The third-order valence-electron chi connectivity index (χ3n) is 3.98. The van der Waals surface area contributed by atoms with Crippen LogP contribution in [-0.2, 0) is 4.79 Å². The van der Waals surface area contributed by atoms with Crippen molar-refractivity contribution in [3.05, 3.63) is 0 Å². The molecule has 2 fully saturated rings. The summed E-state index contributed by atoms with van der Waals surface area (Å²) >= 11 is 3.52. The minimum Gasteiger partial charge on any atom is -0.319 e. The van der Waals surface area contributed by atoms with E-state index >= 15 is 0 Å². The van der Waals surface area contributed by atoms with Crippen LogP contribution in [0, 0.1) is 0 Å². The van der Waals surface area contributed by atoms with Gasteiger partial charge in [0.15, 0.2) is 0 Å². The zero-order valence-electron chi connectivity index (χ0n) is 11.1. The Kier molecular flexibility index (Phi) is 4.30. The summed E-state index contributed by atoms with van der Waals surface area (Å²) in [6.45, 7) is 4.33. The molecule has 4 nitrogen and oxygen atoms in total. The third-order valence-corrected chi connectivity index (χ3v) is 4.44. The monoisotopic (exact) mass is 316 g/mol. The van der Waals surface area contributed by atoms with Gasteiger partial charge in [-0.15, -0.1) is 0 Å². The van der Waals surface area contributed by atoms with Gasteiger partial charge in [0, 0.05) is 18.3 Å². The van der Waals surface area contributed by atoms with Crippen molar-refractivity contribution in [1.29, 1.82) is 0 Å². The average molecular weight is 317 g/mol. The van der Waals surface area contributed by atoms with E-state index in [9.17, 15) is 9.59 Å². The first-order chi connectivity index (χ1) is 8.52. The van der Waals surface area contributed by atoms with Gasteiger partial charge in [0.25, 0.3) is 0 Å². The molecule has 2 aliphatic rings. The first-order valence-electron chi connectivity index (χ1n) is 6.77. The summed E-state index contributed by atoms with van der Waals surface area (Å²) in [6, 6.07) is 0.295. The second-order valence-corrected chi connectivity index (χ2v) is 6.92. The molecule has 0 aromatic carbocycles. The number of rotatable bonds is 3. The molecule has 0 aromatic rings. The standard InChI is InChI=1S/C13H21BrN2O2/c1-9(14)7-8-15-11-5-3-4-6-12(11)16(10(2)17)13(15)18/h9,11-12H,3-8H2,1-2H3. The van der Waals surface area contributed by atoms with E-state index in [0.29, 0.717) is 4.83 Å². The number of halogens is 1. The molecular weight excluding hydrogens is 296 g/mol. The number of carbonyl (C=O) groups excluding carboxylic acids is 2. The van der Waals surface area contributed by atoms with Gasteiger partial charge in [0.1, 0.15) is 0 Å². The van der Waals surface area contributed by atoms with E-state index in [1.165, 1.54) is 18.2 Å². The van der Waals surface area contributed by atoms with Crippen LogP contribution in [0.3, 0.4) is 0 Å². The molecule has 18 heavy (non-hydrogen) atoms. The van der Waals surface area contributed by atoms with Crippen molar-refractivity contribution in [3.63, 3.8) is 0 Å². The highest BCUT2D eigenvalue weighted by Crippen LogP contribution is 2.34. The number of fused-ring (bicyclic) bond motifs is 1. The number of nitrogens with zero attached hydrogens (tertiary/aromatic N) is 2. The van der Waals surface area contributed by atoms with Crippen molar-refractivity contribution in [2.45, 2.75) is 62.9 Å². The SMILES string of the molecule is CC(=O)N1C(=O)N(CCC(C)Br)C2CCCCC21. The van der Waals surface area contributed by atoms with Crippen molar-refractivity contribution in [2.24, 2.45) is 0 Å². The Morgan fingerprint density at radius 3 is 2.56 bits per heavy atom. The maximum absolute atomic E-state index is 12.3. The second kappa shape index (κ2) is 5.59. The molecule has 3 amide bonds. The lowest BCUT2D eigenvalue weighted by atomic mass is 9.90. The highest BCUT2D eigenvalue weighted by atomic mass is 79.9. The summed E-state index contributed by atoms with van der Waals surface area (Å²) in [5, 5.41) is 0. The molecule has 2 rings (SSSR count). The molecule has 1 saturated heterocycles. The summed E-state index contributed by atoms with van der Waals surface area (Å²) < 4.78 is 0. The molecule has 5 heteroatoms. The zero-order valence-corrected chi connectivity index (χ0v) is 12.6. The van der Waals surface area contributed by atoms with Crippen molar-refractivity contribution in [1.82, 2.24) is 9.80 Å². The van der Waals surface area contributed by atoms with E-state index in [-0.39, 0.29) is 24.0 Å². The fraction of sp³-hybridized carbons (Fsp3) is 0.846. The Labute approximate surface area is 117 Å². The summed E-state index contributed by atoms with van der Waals surface area (Å²) in [7, 11) is 0. The fourth-order valence-electron chi connectivity index (χ4n) is 3.13. The van der Waals surface area contributed by atoms with Gasteiger partial charge in [0.2, 0.25) is 5.91 Å². The van der Waals surface area contributed by atoms with E-state index in [1.807, 2.05) is 4.90 Å². The largest absolute Gasteiger partial charge is 0.327 e. The van der Waals surface area contributed by atoms with Crippen LogP contribution in [-0.4, -0.2) is 45.2 Å². The van der Waals surface area contributed by atoms with Crippen LogP contribution in [0.5, 0.6) is 0 Å². The van der Waals surface area contributed by atoms with Gasteiger partial charge < -0.3 is 4.90 Å². The summed E-state index contributed by atoms with van der Waals surface area (Å²) in [6.07, 6.45) is 5.23. The lowest BCUT2D eigenvalue weighted by Crippen LogP contribution is -2.41. The van der Waals surface area contributed by atoms with Crippen molar-refractivity contribution < 1.29 is 9.59 Å². The zero-order chi connectivity index (χ0) is 13.3. The van der Waals surface area contributed by atoms with Crippen LogP contribution in [0.1, 0.15) is 46.0 Å². The van der Waals surface area contributed by atoms with E-state index < -0.39 is 0 Å². The molecule has 1 aliphatic heterocycles. The highest BCUT2D eigenvalue weighted by Gasteiger charge is 2.47. The topological polar surface area (TPSA) is 40.6 Å². The van der Waals surface area contributed by atoms with E-state index in [2.05, 4.69) is 22.9 Å². The van der Waals surface area contributed by atoms with Crippen LogP contribution >= 0.6 is 15.9 Å². The van der Waals surface area contributed by atoms with Crippen LogP contribution in [0.25, 0.3) is 0 Å². The number of carbonyl (C=O) groups is 2. The third kappa shape index (κ3) is 2.56. The lowest BCUT2D eigenvalue weighted by molar-refractivity contribution is -0.127. The first kappa shape index (κ1) is 13.8. The minimum absolute atomic E-state index is 0.0763. The predicted octanol–water partition coefficient (Wildman–Crippen LogP) is 2.76. The molecule has 1 aliphatic carbocycles. The van der Waals surface area contributed by atoms with Crippen LogP contribution in [0.2, 0.25) is 0 Å². The number of imide groups is 1. The smallest absolute Gasteiger partial charge is 0.319 e. The number of urea groups is 1. The van der Waals surface area contributed by atoms with E-state index in [1.54, 1.807) is 0 Å².